The van der Waals surface area contributed by atoms with Crippen LogP contribution in [0.15, 0.2) is 78.4 Å². The predicted octanol–water partition coefficient (Wildman–Crippen LogP) is 6.33. The maximum Gasteiger partial charge on any atom is 0.346 e. The molecule has 0 saturated carbocycles. The first-order valence-electron chi connectivity index (χ1n) is 11.2. The van der Waals surface area contributed by atoms with E-state index in [1.165, 1.54) is 17.4 Å². The van der Waals surface area contributed by atoms with Gasteiger partial charge in [0.2, 0.25) is 13.6 Å². The van der Waals surface area contributed by atoms with E-state index in [2.05, 4.69) is 4.90 Å². The fraction of sp³-hybridized carbons (Fsp3) is 0.0714. The quantitative estimate of drug-likeness (QED) is 0.237. The summed E-state index contributed by atoms with van der Waals surface area (Å²) >= 11 is 1.42. The molecule has 0 fully saturated rings. The second-order valence-electron chi connectivity index (χ2n) is 8.13. The van der Waals surface area contributed by atoms with E-state index in [1.54, 1.807) is 12.1 Å². The Morgan fingerprint density at radius 2 is 1.38 bits per heavy atom. The molecule has 0 aliphatic carbocycles. The molecule has 0 saturated heterocycles. The van der Waals surface area contributed by atoms with E-state index >= 15 is 0 Å². The Morgan fingerprint density at radius 3 is 1.95 bits per heavy atom. The highest BCUT2D eigenvalue weighted by Gasteiger charge is 2.21. The fourth-order valence-electron chi connectivity index (χ4n) is 4.14. The van der Waals surface area contributed by atoms with Crippen molar-refractivity contribution in [2.24, 2.45) is 0 Å². The average Bonchev–Trinajstić information content (AvgIpc) is 3.68. The van der Waals surface area contributed by atoms with Crippen LogP contribution in [0, 0.1) is 11.3 Å². The Bertz CT molecular complexity index is 1530. The van der Waals surface area contributed by atoms with Gasteiger partial charge in [-0.3, -0.25) is 0 Å². The van der Waals surface area contributed by atoms with Crippen LogP contribution in [0.3, 0.4) is 0 Å². The van der Waals surface area contributed by atoms with Crippen LogP contribution in [-0.2, 0) is 4.79 Å². The van der Waals surface area contributed by atoms with Gasteiger partial charge in [0.25, 0.3) is 0 Å². The van der Waals surface area contributed by atoms with Gasteiger partial charge in [-0.25, -0.2) is 4.79 Å². The maximum absolute atomic E-state index is 11.2. The summed E-state index contributed by atoms with van der Waals surface area (Å²) in [6.45, 7) is 0.385. The molecular formula is C28H18N2O6S. The van der Waals surface area contributed by atoms with E-state index in [1.807, 2.05) is 66.7 Å². The topological polar surface area (TPSA) is 101 Å². The van der Waals surface area contributed by atoms with Crippen molar-refractivity contribution in [1.82, 2.24) is 0 Å². The number of aliphatic carboxylic acids is 1. The number of hydrogen-bond donors (Lipinski definition) is 1. The Kier molecular flexibility index (Phi) is 5.63. The summed E-state index contributed by atoms with van der Waals surface area (Å²) in [7, 11) is 0. The van der Waals surface area contributed by atoms with E-state index in [0.29, 0.717) is 27.9 Å². The average molecular weight is 511 g/mol. The predicted molar refractivity (Wildman–Crippen MR) is 138 cm³/mol. The lowest BCUT2D eigenvalue weighted by molar-refractivity contribution is -0.132. The number of nitrogens with zero attached hydrogens (tertiary/aromatic N) is 2. The minimum absolute atomic E-state index is 0.192. The van der Waals surface area contributed by atoms with E-state index in [0.717, 1.165) is 27.5 Å². The van der Waals surface area contributed by atoms with Gasteiger partial charge in [0.1, 0.15) is 11.6 Å². The summed E-state index contributed by atoms with van der Waals surface area (Å²) in [5, 5.41) is 18.1. The first-order chi connectivity index (χ1) is 18.1. The molecule has 8 nitrogen and oxygen atoms in total. The number of carboxylic acids is 1. The Labute approximate surface area is 215 Å². The molecule has 2 aliphatic heterocycles. The second-order valence-corrected chi connectivity index (χ2v) is 9.25. The largest absolute Gasteiger partial charge is 0.477 e. The molecule has 2 aliphatic rings. The molecule has 4 aromatic rings. The minimum Gasteiger partial charge on any atom is -0.477 e. The first kappa shape index (κ1) is 22.5. The molecule has 0 radical (unpaired) electrons. The normalized spacial score (nSPS) is 13.3. The van der Waals surface area contributed by atoms with Crippen molar-refractivity contribution < 1.29 is 28.8 Å². The second kappa shape index (κ2) is 9.26. The third kappa shape index (κ3) is 4.30. The summed E-state index contributed by atoms with van der Waals surface area (Å²) in [6, 6.07) is 25.1. The number of hydrogen-bond acceptors (Lipinski definition) is 8. The van der Waals surface area contributed by atoms with Crippen LogP contribution in [0.2, 0.25) is 0 Å². The van der Waals surface area contributed by atoms with Crippen LogP contribution in [0.1, 0.15) is 4.88 Å². The van der Waals surface area contributed by atoms with Crippen molar-refractivity contribution in [3.63, 3.8) is 0 Å². The number of carbonyl (C=O) groups is 1. The molecular weight excluding hydrogens is 492 g/mol. The van der Waals surface area contributed by atoms with Crippen molar-refractivity contribution in [3.8, 4) is 39.5 Å². The van der Waals surface area contributed by atoms with Crippen molar-refractivity contribution >= 4 is 40.4 Å². The number of ether oxygens (including phenoxy) is 4. The highest BCUT2D eigenvalue weighted by atomic mass is 32.1. The Balaban J connectivity index is 1.36. The zero-order valence-corrected chi connectivity index (χ0v) is 20.0. The molecule has 9 heteroatoms. The van der Waals surface area contributed by atoms with Crippen LogP contribution in [-0.4, -0.2) is 24.7 Å². The summed E-state index contributed by atoms with van der Waals surface area (Å²) in [6.07, 6.45) is 1.38. The third-order valence-electron chi connectivity index (χ3n) is 5.90. The lowest BCUT2D eigenvalue weighted by Crippen LogP contribution is -2.09. The standard InChI is InChI=1S/C28H18N2O6S/c29-14-18(28(31)32)11-22-7-10-27(37-22)17-1-3-19(4-2-17)30(20-5-8-23-25(12-20)35-15-33-23)21-6-9-24-26(13-21)36-16-34-24/h1-13H,15-16H2,(H,31,32)/b18-11+. The van der Waals surface area contributed by atoms with Gasteiger partial charge in [0, 0.05) is 27.6 Å². The van der Waals surface area contributed by atoms with E-state index in [-0.39, 0.29) is 19.2 Å². The molecule has 0 unspecified atom stereocenters. The number of nitriles is 1. The number of anilines is 3. The zero-order valence-electron chi connectivity index (χ0n) is 19.2. The van der Waals surface area contributed by atoms with Crippen molar-refractivity contribution in [3.05, 3.63) is 83.2 Å². The number of thiophene rings is 1. The van der Waals surface area contributed by atoms with Gasteiger partial charge in [0.05, 0.1) is 11.4 Å². The maximum atomic E-state index is 11.2. The molecule has 3 heterocycles. The van der Waals surface area contributed by atoms with Gasteiger partial charge in [-0.2, -0.15) is 5.26 Å². The summed E-state index contributed by atoms with van der Waals surface area (Å²) < 4.78 is 22.2. The van der Waals surface area contributed by atoms with Gasteiger partial charge in [-0.1, -0.05) is 12.1 Å². The van der Waals surface area contributed by atoms with E-state index in [9.17, 15) is 4.79 Å². The Hall–Kier alpha value is -4.94. The third-order valence-corrected chi connectivity index (χ3v) is 6.98. The molecule has 1 N–H and O–H groups in total. The number of fused-ring (bicyclic) bond motifs is 2. The lowest BCUT2D eigenvalue weighted by Gasteiger charge is -2.26. The minimum atomic E-state index is -1.24. The highest BCUT2D eigenvalue weighted by molar-refractivity contribution is 7.16. The van der Waals surface area contributed by atoms with Gasteiger partial charge < -0.3 is 29.0 Å². The molecule has 0 bridgehead atoms. The molecule has 37 heavy (non-hydrogen) atoms. The fourth-order valence-corrected chi connectivity index (χ4v) is 5.10. The SMILES string of the molecule is N#C/C(=C\c1ccc(-c2ccc(N(c3ccc4c(c3)OCO4)c3ccc4c(c3)OCO4)cc2)s1)C(=O)O. The number of rotatable bonds is 6. The van der Waals surface area contributed by atoms with Gasteiger partial charge in [0.15, 0.2) is 23.0 Å². The zero-order chi connectivity index (χ0) is 25.4. The van der Waals surface area contributed by atoms with Crippen LogP contribution in [0.5, 0.6) is 23.0 Å². The summed E-state index contributed by atoms with van der Waals surface area (Å²) in [5.41, 5.74) is 3.36. The van der Waals surface area contributed by atoms with Crippen LogP contribution >= 0.6 is 11.3 Å². The monoisotopic (exact) mass is 510 g/mol. The lowest BCUT2D eigenvalue weighted by atomic mass is 10.1. The summed E-state index contributed by atoms with van der Waals surface area (Å²) in [5.74, 6) is 1.52. The molecule has 0 amide bonds. The Morgan fingerprint density at radius 1 is 0.811 bits per heavy atom. The number of benzene rings is 3. The molecule has 3 aromatic carbocycles. The molecule has 1 aromatic heterocycles. The molecule has 182 valence electrons. The summed E-state index contributed by atoms with van der Waals surface area (Å²) in [4.78, 5) is 14.9. The molecule has 0 atom stereocenters. The van der Waals surface area contributed by atoms with Crippen molar-refractivity contribution in [2.45, 2.75) is 0 Å². The molecule has 6 rings (SSSR count). The van der Waals surface area contributed by atoms with Crippen LogP contribution in [0.4, 0.5) is 17.1 Å². The van der Waals surface area contributed by atoms with Crippen LogP contribution in [0.25, 0.3) is 16.5 Å². The van der Waals surface area contributed by atoms with Crippen LogP contribution < -0.4 is 23.8 Å². The molecule has 0 spiro atoms. The van der Waals surface area contributed by atoms with E-state index in [4.69, 9.17) is 29.3 Å². The number of carboxylic acid groups (broad SMARTS) is 1. The van der Waals surface area contributed by atoms with Gasteiger partial charge in [-0.15, -0.1) is 11.3 Å². The van der Waals surface area contributed by atoms with E-state index < -0.39 is 5.97 Å². The smallest absolute Gasteiger partial charge is 0.346 e. The van der Waals surface area contributed by atoms with Crippen molar-refractivity contribution in [2.75, 3.05) is 18.5 Å². The van der Waals surface area contributed by atoms with Gasteiger partial charge >= 0.3 is 5.97 Å². The first-order valence-corrected chi connectivity index (χ1v) is 12.1. The van der Waals surface area contributed by atoms with Gasteiger partial charge in [-0.05, 0) is 60.2 Å². The highest BCUT2D eigenvalue weighted by Crippen LogP contribution is 2.44. The van der Waals surface area contributed by atoms with Crippen molar-refractivity contribution in [1.29, 1.82) is 5.26 Å².